The molecule has 9 heteroatoms. The Labute approximate surface area is 154 Å². The Morgan fingerprint density at radius 1 is 1.44 bits per heavy atom. The molecule has 0 aliphatic carbocycles. The molecule has 1 amide bonds. The highest BCUT2D eigenvalue weighted by atomic mass is 79.9. The molecule has 1 saturated heterocycles. The van der Waals surface area contributed by atoms with E-state index in [-0.39, 0.29) is 11.5 Å². The van der Waals surface area contributed by atoms with Crippen LogP contribution < -0.4 is 21.7 Å². The van der Waals surface area contributed by atoms with E-state index in [1.807, 2.05) is 6.07 Å². The Kier molecular flexibility index (Phi) is 5.44. The van der Waals surface area contributed by atoms with Crippen molar-refractivity contribution in [2.24, 2.45) is 11.7 Å². The zero-order chi connectivity index (χ0) is 17.8. The monoisotopic (exact) mass is 405 g/mol. The molecule has 3 heterocycles. The van der Waals surface area contributed by atoms with Crippen LogP contribution in [0.15, 0.2) is 29.3 Å². The van der Waals surface area contributed by atoms with Crippen LogP contribution in [0.25, 0.3) is 0 Å². The molecule has 1 atom stereocenters. The van der Waals surface area contributed by atoms with Gasteiger partial charge in [0.2, 0.25) is 0 Å². The highest BCUT2D eigenvalue weighted by molar-refractivity contribution is 9.10. The predicted molar refractivity (Wildman–Crippen MR) is 100 cm³/mol. The summed E-state index contributed by atoms with van der Waals surface area (Å²) in [5.74, 6) is 0.109. The quantitative estimate of drug-likeness (QED) is 0.705. The van der Waals surface area contributed by atoms with Gasteiger partial charge in [-0.05, 0) is 47.3 Å². The molecule has 2 aromatic rings. The lowest BCUT2D eigenvalue weighted by atomic mass is 9.98. The van der Waals surface area contributed by atoms with Gasteiger partial charge in [0.25, 0.3) is 5.91 Å². The first-order chi connectivity index (χ1) is 12.1. The van der Waals surface area contributed by atoms with Crippen molar-refractivity contribution in [1.82, 2.24) is 15.0 Å². The molecule has 132 valence electrons. The molecule has 3 rings (SSSR count). The van der Waals surface area contributed by atoms with Gasteiger partial charge in [0.05, 0.1) is 23.8 Å². The summed E-state index contributed by atoms with van der Waals surface area (Å²) >= 11 is 3.20. The molecule has 5 N–H and O–H groups in total. The average molecular weight is 406 g/mol. The third kappa shape index (κ3) is 4.05. The van der Waals surface area contributed by atoms with Gasteiger partial charge >= 0.3 is 0 Å². The van der Waals surface area contributed by atoms with Crippen molar-refractivity contribution in [3.8, 4) is 0 Å². The molecule has 8 nitrogen and oxygen atoms in total. The standard InChI is InChI=1S/C16H20BrN7O/c17-13-8-21-15(19)14(23-13)16(25)22-11-7-20-4-3-12(11)24-5-1-2-10(6-18)9-24/h3-4,7-8,10H,1-2,5-6,9,18H2,(H2,19,21)(H,22,25). The number of nitrogens with one attached hydrogen (secondary N) is 1. The Balaban J connectivity index is 1.83. The maximum absolute atomic E-state index is 12.6. The van der Waals surface area contributed by atoms with Crippen molar-refractivity contribution in [3.05, 3.63) is 35.0 Å². The summed E-state index contributed by atoms with van der Waals surface area (Å²) in [6.45, 7) is 2.44. The van der Waals surface area contributed by atoms with Gasteiger partial charge in [0.1, 0.15) is 4.60 Å². The SMILES string of the molecule is NCC1CCCN(c2ccncc2NC(=O)c2nc(Br)cnc2N)C1. The molecule has 25 heavy (non-hydrogen) atoms. The number of piperidine rings is 1. The lowest BCUT2D eigenvalue weighted by Crippen LogP contribution is -2.38. The minimum atomic E-state index is -0.423. The summed E-state index contributed by atoms with van der Waals surface area (Å²) < 4.78 is 0.445. The van der Waals surface area contributed by atoms with Crippen LogP contribution in [0.5, 0.6) is 0 Å². The summed E-state index contributed by atoms with van der Waals surface area (Å²) in [4.78, 5) is 27.0. The Hall–Kier alpha value is -2.26. The maximum Gasteiger partial charge on any atom is 0.278 e. The minimum absolute atomic E-state index is 0.0719. The Morgan fingerprint density at radius 3 is 3.08 bits per heavy atom. The molecule has 1 fully saturated rings. The van der Waals surface area contributed by atoms with E-state index < -0.39 is 5.91 Å². The summed E-state index contributed by atoms with van der Waals surface area (Å²) in [6, 6.07) is 1.89. The van der Waals surface area contributed by atoms with Crippen molar-refractivity contribution in [2.75, 3.05) is 35.6 Å². The smallest absolute Gasteiger partial charge is 0.278 e. The van der Waals surface area contributed by atoms with Crippen LogP contribution in [0.1, 0.15) is 23.3 Å². The number of nitrogens with two attached hydrogens (primary N) is 2. The molecule has 0 saturated carbocycles. The molecular weight excluding hydrogens is 386 g/mol. The zero-order valence-electron chi connectivity index (χ0n) is 13.7. The van der Waals surface area contributed by atoms with Gasteiger partial charge in [-0.15, -0.1) is 0 Å². The number of pyridine rings is 1. The van der Waals surface area contributed by atoms with Gasteiger partial charge in [-0.3, -0.25) is 9.78 Å². The van der Waals surface area contributed by atoms with Gasteiger partial charge in [-0.1, -0.05) is 0 Å². The first-order valence-electron chi connectivity index (χ1n) is 8.07. The van der Waals surface area contributed by atoms with Gasteiger partial charge in [-0.2, -0.15) is 0 Å². The first kappa shape index (κ1) is 17.6. The lowest BCUT2D eigenvalue weighted by Gasteiger charge is -2.34. The largest absolute Gasteiger partial charge is 0.382 e. The van der Waals surface area contributed by atoms with E-state index in [4.69, 9.17) is 11.5 Å². The first-order valence-corrected chi connectivity index (χ1v) is 8.86. The summed E-state index contributed by atoms with van der Waals surface area (Å²) in [5, 5.41) is 2.85. The number of rotatable bonds is 4. The third-order valence-corrected chi connectivity index (χ3v) is 4.61. The van der Waals surface area contributed by atoms with Crippen LogP contribution in [0.4, 0.5) is 17.2 Å². The Morgan fingerprint density at radius 2 is 2.28 bits per heavy atom. The second kappa shape index (κ2) is 7.75. The fraction of sp³-hybridized carbons (Fsp3) is 0.375. The number of carbonyl (C=O) groups is 1. The third-order valence-electron chi connectivity index (χ3n) is 4.23. The summed E-state index contributed by atoms with van der Waals surface area (Å²) in [6.07, 6.45) is 6.99. The highest BCUT2D eigenvalue weighted by Crippen LogP contribution is 2.29. The van der Waals surface area contributed by atoms with Gasteiger partial charge in [-0.25, -0.2) is 9.97 Å². The van der Waals surface area contributed by atoms with E-state index in [0.29, 0.717) is 22.8 Å². The lowest BCUT2D eigenvalue weighted by molar-refractivity contribution is 0.102. The molecule has 0 radical (unpaired) electrons. The number of nitrogen functional groups attached to an aromatic ring is 1. The number of carbonyl (C=O) groups excluding carboxylic acids is 1. The molecule has 1 unspecified atom stereocenters. The van der Waals surface area contributed by atoms with E-state index in [2.05, 4.69) is 41.1 Å². The van der Waals surface area contributed by atoms with Crippen molar-refractivity contribution in [1.29, 1.82) is 0 Å². The number of anilines is 3. The fourth-order valence-corrected chi connectivity index (χ4v) is 3.24. The average Bonchev–Trinajstić information content (AvgIpc) is 2.64. The number of hydrogen-bond acceptors (Lipinski definition) is 7. The van der Waals surface area contributed by atoms with Crippen molar-refractivity contribution < 1.29 is 4.79 Å². The number of halogens is 1. The predicted octanol–water partition coefficient (Wildman–Crippen LogP) is 1.64. The molecular formula is C16H20BrN7O. The van der Waals surface area contributed by atoms with Gasteiger partial charge < -0.3 is 21.7 Å². The van der Waals surface area contributed by atoms with Crippen LogP contribution in [-0.4, -0.2) is 40.5 Å². The van der Waals surface area contributed by atoms with E-state index in [9.17, 15) is 4.79 Å². The topological polar surface area (TPSA) is 123 Å². The van der Waals surface area contributed by atoms with E-state index in [1.165, 1.54) is 6.20 Å². The molecule has 0 aromatic carbocycles. The number of amides is 1. The summed E-state index contributed by atoms with van der Waals surface area (Å²) in [7, 11) is 0. The van der Waals surface area contributed by atoms with Gasteiger partial charge in [0.15, 0.2) is 11.5 Å². The van der Waals surface area contributed by atoms with Crippen molar-refractivity contribution >= 4 is 39.0 Å². The van der Waals surface area contributed by atoms with Crippen molar-refractivity contribution in [3.63, 3.8) is 0 Å². The molecule has 2 aromatic heterocycles. The number of hydrogen-bond donors (Lipinski definition) is 3. The van der Waals surface area contributed by atoms with E-state index in [0.717, 1.165) is 31.6 Å². The fourth-order valence-electron chi connectivity index (χ4n) is 2.96. The van der Waals surface area contributed by atoms with Crippen LogP contribution in [0.3, 0.4) is 0 Å². The van der Waals surface area contributed by atoms with Crippen LogP contribution in [-0.2, 0) is 0 Å². The van der Waals surface area contributed by atoms with E-state index >= 15 is 0 Å². The van der Waals surface area contributed by atoms with Crippen LogP contribution in [0, 0.1) is 5.92 Å². The van der Waals surface area contributed by atoms with Crippen LogP contribution >= 0.6 is 15.9 Å². The Bertz CT molecular complexity index is 770. The normalized spacial score (nSPS) is 17.4. The molecule has 0 bridgehead atoms. The maximum atomic E-state index is 12.6. The van der Waals surface area contributed by atoms with Gasteiger partial charge in [0, 0.05) is 19.3 Å². The molecule has 1 aliphatic heterocycles. The van der Waals surface area contributed by atoms with Crippen molar-refractivity contribution in [2.45, 2.75) is 12.8 Å². The highest BCUT2D eigenvalue weighted by Gasteiger charge is 2.22. The van der Waals surface area contributed by atoms with E-state index in [1.54, 1.807) is 12.4 Å². The second-order valence-corrected chi connectivity index (χ2v) is 6.78. The van der Waals surface area contributed by atoms with Crippen LogP contribution in [0.2, 0.25) is 0 Å². The number of nitrogens with zero attached hydrogens (tertiary/aromatic N) is 4. The molecule has 0 spiro atoms. The molecule has 1 aliphatic rings. The number of aromatic nitrogens is 3. The second-order valence-electron chi connectivity index (χ2n) is 5.96. The minimum Gasteiger partial charge on any atom is -0.382 e. The summed E-state index contributed by atoms with van der Waals surface area (Å²) in [5.41, 5.74) is 13.2. The zero-order valence-corrected chi connectivity index (χ0v) is 15.2.